The van der Waals surface area contributed by atoms with E-state index < -0.39 is 0 Å². The van der Waals surface area contributed by atoms with Crippen molar-refractivity contribution in [2.75, 3.05) is 0 Å². The third-order valence-corrected chi connectivity index (χ3v) is 2.38. The van der Waals surface area contributed by atoms with E-state index in [-0.39, 0.29) is 0 Å². The van der Waals surface area contributed by atoms with Crippen LogP contribution in [0.4, 0.5) is 0 Å². The van der Waals surface area contributed by atoms with E-state index in [0.717, 1.165) is 12.1 Å². The van der Waals surface area contributed by atoms with E-state index in [0.29, 0.717) is 12.6 Å². The lowest BCUT2D eigenvalue weighted by Gasteiger charge is -2.14. The van der Waals surface area contributed by atoms with Crippen LogP contribution in [0.2, 0.25) is 0 Å². The minimum absolute atomic E-state index is 0.537. The molecule has 0 saturated carbocycles. The first-order valence-corrected chi connectivity index (χ1v) is 5.04. The molecule has 0 spiro atoms. The van der Waals surface area contributed by atoms with Gasteiger partial charge in [0.1, 0.15) is 0 Å². The molecule has 0 bridgehead atoms. The number of nitrogens with zero attached hydrogens (tertiary/aromatic N) is 2. The Balaban J connectivity index is 2.67. The summed E-state index contributed by atoms with van der Waals surface area (Å²) in [5, 5.41) is 0. The van der Waals surface area contributed by atoms with Crippen molar-refractivity contribution in [2.45, 2.75) is 45.7 Å². The number of aromatic nitrogens is 2. The van der Waals surface area contributed by atoms with Crippen LogP contribution < -0.4 is 5.73 Å². The van der Waals surface area contributed by atoms with Crippen LogP contribution in [-0.4, -0.2) is 9.55 Å². The highest BCUT2D eigenvalue weighted by Gasteiger charge is 2.07. The fourth-order valence-electron chi connectivity index (χ4n) is 1.58. The van der Waals surface area contributed by atoms with Gasteiger partial charge < -0.3 is 10.3 Å². The highest BCUT2D eigenvalue weighted by atomic mass is 15.1. The van der Waals surface area contributed by atoms with Gasteiger partial charge in [0.15, 0.2) is 0 Å². The Kier molecular flexibility index (Phi) is 3.96. The highest BCUT2D eigenvalue weighted by molar-refractivity contribution is 4.96. The molecule has 0 fully saturated rings. The average molecular weight is 181 g/mol. The number of imidazole rings is 1. The van der Waals surface area contributed by atoms with Gasteiger partial charge in [0, 0.05) is 18.8 Å². The standard InChI is InChI=1S/C10H19N3/c1-3-5-10(4-2)13-7-9(6-11)12-8-13/h7-8,10H,3-6,11H2,1-2H3. The van der Waals surface area contributed by atoms with Crippen LogP contribution in [0.3, 0.4) is 0 Å². The zero-order chi connectivity index (χ0) is 9.68. The maximum atomic E-state index is 5.50. The zero-order valence-corrected chi connectivity index (χ0v) is 8.53. The van der Waals surface area contributed by atoms with E-state index >= 15 is 0 Å². The second kappa shape index (κ2) is 5.02. The van der Waals surface area contributed by atoms with E-state index in [1.807, 2.05) is 6.33 Å². The van der Waals surface area contributed by atoms with E-state index in [1.165, 1.54) is 12.8 Å². The minimum Gasteiger partial charge on any atom is -0.334 e. The Bertz CT molecular complexity index is 242. The molecule has 0 radical (unpaired) electrons. The topological polar surface area (TPSA) is 43.8 Å². The molecular weight excluding hydrogens is 162 g/mol. The summed E-state index contributed by atoms with van der Waals surface area (Å²) in [5.74, 6) is 0. The first-order chi connectivity index (χ1) is 6.31. The first kappa shape index (κ1) is 10.3. The predicted molar refractivity (Wildman–Crippen MR) is 54.4 cm³/mol. The van der Waals surface area contributed by atoms with Gasteiger partial charge in [-0.15, -0.1) is 0 Å². The third-order valence-electron chi connectivity index (χ3n) is 2.38. The fourth-order valence-corrected chi connectivity index (χ4v) is 1.58. The molecule has 3 heteroatoms. The molecule has 74 valence electrons. The summed E-state index contributed by atoms with van der Waals surface area (Å²) in [6.45, 7) is 4.96. The molecule has 1 atom stereocenters. The monoisotopic (exact) mass is 181 g/mol. The number of nitrogens with two attached hydrogens (primary N) is 1. The van der Waals surface area contributed by atoms with Crippen molar-refractivity contribution in [3.05, 3.63) is 18.2 Å². The number of hydrogen-bond acceptors (Lipinski definition) is 2. The van der Waals surface area contributed by atoms with Gasteiger partial charge in [-0.3, -0.25) is 0 Å². The molecule has 2 N–H and O–H groups in total. The van der Waals surface area contributed by atoms with Crippen LogP contribution in [0.5, 0.6) is 0 Å². The summed E-state index contributed by atoms with van der Waals surface area (Å²) in [6, 6.07) is 0.595. The Morgan fingerprint density at radius 1 is 1.54 bits per heavy atom. The Labute approximate surface area is 80.0 Å². The van der Waals surface area contributed by atoms with Gasteiger partial charge in [-0.2, -0.15) is 0 Å². The summed E-state index contributed by atoms with van der Waals surface area (Å²) in [5.41, 5.74) is 6.48. The van der Waals surface area contributed by atoms with E-state index in [9.17, 15) is 0 Å². The molecule has 0 aliphatic rings. The molecule has 1 heterocycles. The average Bonchev–Trinajstić information content (AvgIpc) is 2.62. The molecule has 13 heavy (non-hydrogen) atoms. The summed E-state index contributed by atoms with van der Waals surface area (Å²) in [6.07, 6.45) is 7.55. The lowest BCUT2D eigenvalue weighted by molar-refractivity contribution is 0.447. The van der Waals surface area contributed by atoms with Crippen LogP contribution in [0.25, 0.3) is 0 Å². The smallest absolute Gasteiger partial charge is 0.0952 e. The third kappa shape index (κ3) is 2.56. The zero-order valence-electron chi connectivity index (χ0n) is 8.53. The highest BCUT2D eigenvalue weighted by Crippen LogP contribution is 2.17. The lowest BCUT2D eigenvalue weighted by Crippen LogP contribution is -2.05. The minimum atomic E-state index is 0.537. The summed E-state index contributed by atoms with van der Waals surface area (Å²) >= 11 is 0. The normalized spacial score (nSPS) is 13.2. The Morgan fingerprint density at radius 3 is 2.77 bits per heavy atom. The SMILES string of the molecule is CCCC(CC)n1cnc(CN)c1. The molecule has 1 aromatic rings. The molecule has 0 aliphatic carbocycles. The van der Waals surface area contributed by atoms with E-state index in [1.54, 1.807) is 0 Å². The lowest BCUT2D eigenvalue weighted by atomic mass is 10.1. The molecule has 1 rings (SSSR count). The largest absolute Gasteiger partial charge is 0.334 e. The van der Waals surface area contributed by atoms with Crippen LogP contribution in [-0.2, 0) is 6.54 Å². The van der Waals surface area contributed by atoms with Crippen molar-refractivity contribution in [3.63, 3.8) is 0 Å². The fraction of sp³-hybridized carbons (Fsp3) is 0.700. The van der Waals surface area contributed by atoms with Crippen LogP contribution in [0.1, 0.15) is 44.8 Å². The molecule has 1 unspecified atom stereocenters. The van der Waals surface area contributed by atoms with Gasteiger partial charge in [0.05, 0.1) is 12.0 Å². The van der Waals surface area contributed by atoms with Gasteiger partial charge in [0.25, 0.3) is 0 Å². The van der Waals surface area contributed by atoms with E-state index in [2.05, 4.69) is 29.6 Å². The molecular formula is C10H19N3. The second-order valence-corrected chi connectivity index (χ2v) is 3.37. The second-order valence-electron chi connectivity index (χ2n) is 3.37. The summed E-state index contributed by atoms with van der Waals surface area (Å²) < 4.78 is 2.19. The van der Waals surface area contributed by atoms with Gasteiger partial charge in [-0.05, 0) is 12.8 Å². The van der Waals surface area contributed by atoms with Crippen molar-refractivity contribution < 1.29 is 0 Å². The molecule has 0 aromatic carbocycles. The van der Waals surface area contributed by atoms with Gasteiger partial charge >= 0.3 is 0 Å². The molecule has 1 aromatic heterocycles. The van der Waals surface area contributed by atoms with Gasteiger partial charge in [0.2, 0.25) is 0 Å². The number of rotatable bonds is 5. The summed E-state index contributed by atoms with van der Waals surface area (Å²) in [7, 11) is 0. The molecule has 3 nitrogen and oxygen atoms in total. The Hall–Kier alpha value is -0.830. The van der Waals surface area contributed by atoms with Crippen molar-refractivity contribution in [3.8, 4) is 0 Å². The van der Waals surface area contributed by atoms with Crippen LogP contribution in [0, 0.1) is 0 Å². The van der Waals surface area contributed by atoms with Crippen molar-refractivity contribution in [1.29, 1.82) is 0 Å². The molecule has 0 aliphatic heterocycles. The maximum Gasteiger partial charge on any atom is 0.0952 e. The first-order valence-electron chi connectivity index (χ1n) is 5.04. The number of hydrogen-bond donors (Lipinski definition) is 1. The Morgan fingerprint density at radius 2 is 2.31 bits per heavy atom. The summed E-state index contributed by atoms with van der Waals surface area (Å²) in [4.78, 5) is 4.22. The predicted octanol–water partition coefficient (Wildman–Crippen LogP) is 2.09. The maximum absolute atomic E-state index is 5.50. The quantitative estimate of drug-likeness (QED) is 0.756. The molecule has 0 amide bonds. The van der Waals surface area contributed by atoms with Crippen LogP contribution >= 0.6 is 0 Å². The van der Waals surface area contributed by atoms with Gasteiger partial charge in [-0.1, -0.05) is 20.3 Å². The van der Waals surface area contributed by atoms with E-state index in [4.69, 9.17) is 5.73 Å². The van der Waals surface area contributed by atoms with Crippen molar-refractivity contribution in [1.82, 2.24) is 9.55 Å². The van der Waals surface area contributed by atoms with Gasteiger partial charge in [-0.25, -0.2) is 4.98 Å². The molecule has 0 saturated heterocycles. The van der Waals surface area contributed by atoms with Crippen molar-refractivity contribution >= 4 is 0 Å². The van der Waals surface area contributed by atoms with Crippen molar-refractivity contribution in [2.24, 2.45) is 5.73 Å². The van der Waals surface area contributed by atoms with Crippen LogP contribution in [0.15, 0.2) is 12.5 Å².